The van der Waals surface area contributed by atoms with Crippen LogP contribution in [0.1, 0.15) is 37.0 Å². The Balaban J connectivity index is 0.00000261. The molecule has 1 aliphatic rings. The van der Waals surface area contributed by atoms with Crippen molar-refractivity contribution in [3.8, 4) is 0 Å². The lowest BCUT2D eigenvalue weighted by atomic mass is 9.99. The molecular formula is C20H30IN5O. The number of nitrogens with zero attached hydrogens (tertiary/aromatic N) is 4. The van der Waals surface area contributed by atoms with E-state index in [0.29, 0.717) is 17.6 Å². The molecule has 148 valence electrons. The smallest absolute Gasteiger partial charge is 0.226 e. The van der Waals surface area contributed by atoms with Crippen LogP contribution in [0.2, 0.25) is 0 Å². The van der Waals surface area contributed by atoms with E-state index in [4.69, 9.17) is 9.52 Å². The molecule has 1 aliphatic heterocycles. The lowest BCUT2D eigenvalue weighted by molar-refractivity contribution is 0.372. The van der Waals surface area contributed by atoms with Gasteiger partial charge < -0.3 is 14.7 Å². The second-order valence-corrected chi connectivity index (χ2v) is 6.86. The largest absolute Gasteiger partial charge is 0.357 e. The van der Waals surface area contributed by atoms with Gasteiger partial charge in [0.25, 0.3) is 0 Å². The second-order valence-electron chi connectivity index (χ2n) is 6.86. The maximum Gasteiger partial charge on any atom is 0.226 e. The van der Waals surface area contributed by atoms with Crippen LogP contribution in [-0.2, 0) is 12.8 Å². The highest BCUT2D eigenvalue weighted by atomic mass is 127. The summed E-state index contributed by atoms with van der Waals surface area (Å²) in [6.45, 7) is 7.77. The molecular weight excluding hydrogens is 453 g/mol. The zero-order chi connectivity index (χ0) is 18.2. The molecule has 1 aromatic carbocycles. The molecule has 1 N–H and O–H groups in total. The van der Waals surface area contributed by atoms with E-state index in [2.05, 4.69) is 57.6 Å². The van der Waals surface area contributed by atoms with E-state index in [9.17, 15) is 0 Å². The molecule has 1 unspecified atom stereocenters. The van der Waals surface area contributed by atoms with Crippen molar-refractivity contribution in [3.05, 3.63) is 47.6 Å². The first kappa shape index (κ1) is 21.7. The molecule has 0 aliphatic carbocycles. The Morgan fingerprint density at radius 1 is 1.33 bits per heavy atom. The van der Waals surface area contributed by atoms with Gasteiger partial charge in [-0.3, -0.25) is 4.99 Å². The van der Waals surface area contributed by atoms with E-state index in [-0.39, 0.29) is 24.0 Å². The van der Waals surface area contributed by atoms with Gasteiger partial charge in [0.1, 0.15) is 0 Å². The van der Waals surface area contributed by atoms with Gasteiger partial charge in [0.2, 0.25) is 5.89 Å². The number of aryl methyl sites for hydroxylation is 2. The van der Waals surface area contributed by atoms with E-state index >= 15 is 0 Å². The van der Waals surface area contributed by atoms with Gasteiger partial charge in [-0.2, -0.15) is 4.98 Å². The zero-order valence-corrected chi connectivity index (χ0v) is 18.6. The van der Waals surface area contributed by atoms with E-state index in [1.165, 1.54) is 12.0 Å². The topological polar surface area (TPSA) is 66.5 Å². The summed E-state index contributed by atoms with van der Waals surface area (Å²) in [6.07, 6.45) is 4.06. The lowest BCUT2D eigenvalue weighted by Crippen LogP contribution is -2.40. The highest BCUT2D eigenvalue weighted by molar-refractivity contribution is 14.0. The quantitative estimate of drug-likeness (QED) is 0.283. The van der Waals surface area contributed by atoms with Crippen molar-refractivity contribution in [2.24, 2.45) is 10.9 Å². The number of halogens is 1. The molecule has 6 nitrogen and oxygen atoms in total. The first-order valence-electron chi connectivity index (χ1n) is 9.61. The zero-order valence-electron chi connectivity index (χ0n) is 16.2. The van der Waals surface area contributed by atoms with Crippen molar-refractivity contribution in [2.45, 2.75) is 39.5 Å². The van der Waals surface area contributed by atoms with Crippen LogP contribution >= 0.6 is 24.0 Å². The molecule has 0 spiro atoms. The molecule has 1 aromatic heterocycles. The number of aliphatic imine (C=N–C) groups is 1. The average molecular weight is 483 g/mol. The third-order valence-corrected chi connectivity index (χ3v) is 4.67. The summed E-state index contributed by atoms with van der Waals surface area (Å²) in [5, 5.41) is 7.26. The molecule has 1 atom stereocenters. The van der Waals surface area contributed by atoms with Gasteiger partial charge in [-0.15, -0.1) is 24.0 Å². The number of likely N-dealkylation sites (tertiary alicyclic amines) is 1. The average Bonchev–Trinajstić information content (AvgIpc) is 3.28. The van der Waals surface area contributed by atoms with Gasteiger partial charge in [0, 0.05) is 32.6 Å². The van der Waals surface area contributed by atoms with Crippen LogP contribution in [0.5, 0.6) is 0 Å². The van der Waals surface area contributed by atoms with Crippen molar-refractivity contribution >= 4 is 29.9 Å². The van der Waals surface area contributed by atoms with Gasteiger partial charge >= 0.3 is 0 Å². The fourth-order valence-electron chi connectivity index (χ4n) is 3.42. The summed E-state index contributed by atoms with van der Waals surface area (Å²) in [5.41, 5.74) is 1.43. The van der Waals surface area contributed by atoms with Gasteiger partial charge in [0.15, 0.2) is 11.8 Å². The SMILES string of the molecule is CCNC(=NCCCc1nc(C)no1)N1CCC(Cc2ccccc2)C1.I. The minimum Gasteiger partial charge on any atom is -0.357 e. The van der Waals surface area contributed by atoms with Crippen LogP contribution < -0.4 is 5.32 Å². The van der Waals surface area contributed by atoms with Crippen LogP contribution in [0.4, 0.5) is 0 Å². The predicted octanol–water partition coefficient (Wildman–Crippen LogP) is 3.46. The Bertz CT molecular complexity index is 703. The Labute approximate surface area is 178 Å². The maximum atomic E-state index is 5.15. The maximum absolute atomic E-state index is 5.15. The van der Waals surface area contributed by atoms with Gasteiger partial charge in [-0.05, 0) is 44.6 Å². The van der Waals surface area contributed by atoms with Gasteiger partial charge in [-0.1, -0.05) is 35.5 Å². The molecule has 1 fully saturated rings. The molecule has 3 rings (SSSR count). The number of nitrogens with one attached hydrogen (secondary N) is 1. The molecule has 27 heavy (non-hydrogen) atoms. The number of hydrogen-bond acceptors (Lipinski definition) is 4. The summed E-state index contributed by atoms with van der Waals surface area (Å²) >= 11 is 0. The van der Waals surface area contributed by atoms with Crippen LogP contribution in [0.3, 0.4) is 0 Å². The highest BCUT2D eigenvalue weighted by Gasteiger charge is 2.24. The molecule has 0 bridgehead atoms. The van der Waals surface area contributed by atoms with Gasteiger partial charge in [-0.25, -0.2) is 0 Å². The van der Waals surface area contributed by atoms with Gasteiger partial charge in [0.05, 0.1) is 0 Å². The molecule has 0 radical (unpaired) electrons. The number of guanidine groups is 1. The summed E-state index contributed by atoms with van der Waals surface area (Å²) < 4.78 is 5.15. The first-order valence-corrected chi connectivity index (χ1v) is 9.61. The van der Waals surface area contributed by atoms with Crippen LogP contribution in [0.15, 0.2) is 39.8 Å². The molecule has 2 aromatic rings. The lowest BCUT2D eigenvalue weighted by Gasteiger charge is -2.21. The summed E-state index contributed by atoms with van der Waals surface area (Å²) in [6, 6.07) is 10.8. The van der Waals surface area contributed by atoms with E-state index in [1.807, 2.05) is 6.92 Å². The Morgan fingerprint density at radius 3 is 2.85 bits per heavy atom. The monoisotopic (exact) mass is 483 g/mol. The Kier molecular flexibility index (Phi) is 9.03. The normalized spacial score (nSPS) is 17.0. The van der Waals surface area contributed by atoms with Crippen LogP contribution in [0, 0.1) is 12.8 Å². The third-order valence-electron chi connectivity index (χ3n) is 4.67. The number of aromatic nitrogens is 2. The number of benzene rings is 1. The van der Waals surface area contributed by atoms with E-state index in [0.717, 1.165) is 51.4 Å². The van der Waals surface area contributed by atoms with Crippen molar-refractivity contribution in [3.63, 3.8) is 0 Å². The van der Waals surface area contributed by atoms with Crippen molar-refractivity contribution in [2.75, 3.05) is 26.2 Å². The second kappa shape index (κ2) is 11.3. The molecule has 7 heteroatoms. The van der Waals surface area contributed by atoms with E-state index in [1.54, 1.807) is 0 Å². The molecule has 0 amide bonds. The van der Waals surface area contributed by atoms with Crippen LogP contribution in [-0.4, -0.2) is 47.2 Å². The first-order chi connectivity index (χ1) is 12.7. The third kappa shape index (κ3) is 6.79. The standard InChI is InChI=1S/C20H29N5O.HI/c1-3-21-20(22-12-7-10-19-23-16(2)24-26-19)25-13-11-18(15-25)14-17-8-5-4-6-9-17;/h4-6,8-9,18H,3,7,10-15H2,1-2H3,(H,21,22);1H. The fourth-order valence-corrected chi connectivity index (χ4v) is 3.42. The summed E-state index contributed by atoms with van der Waals surface area (Å²) in [4.78, 5) is 11.4. The van der Waals surface area contributed by atoms with E-state index < -0.39 is 0 Å². The Hall–Kier alpha value is -1.64. The van der Waals surface area contributed by atoms with Crippen molar-refractivity contribution in [1.82, 2.24) is 20.4 Å². The minimum absolute atomic E-state index is 0. The molecule has 2 heterocycles. The minimum atomic E-state index is 0. The fraction of sp³-hybridized carbons (Fsp3) is 0.550. The number of hydrogen-bond donors (Lipinski definition) is 1. The van der Waals surface area contributed by atoms with Crippen molar-refractivity contribution in [1.29, 1.82) is 0 Å². The summed E-state index contributed by atoms with van der Waals surface area (Å²) in [5.74, 6) is 3.12. The Morgan fingerprint density at radius 2 is 2.15 bits per heavy atom. The predicted molar refractivity (Wildman–Crippen MR) is 119 cm³/mol. The van der Waals surface area contributed by atoms with Crippen molar-refractivity contribution < 1.29 is 4.52 Å². The number of rotatable bonds is 7. The highest BCUT2D eigenvalue weighted by Crippen LogP contribution is 2.21. The van der Waals surface area contributed by atoms with Crippen LogP contribution in [0.25, 0.3) is 0 Å². The summed E-state index contributed by atoms with van der Waals surface area (Å²) in [7, 11) is 0. The molecule has 0 saturated carbocycles. The molecule has 1 saturated heterocycles.